The zero-order valence-electron chi connectivity index (χ0n) is 19.0. The molecule has 2 aliphatic heterocycles. The molecule has 2 aromatic rings. The van der Waals surface area contributed by atoms with E-state index in [1.807, 2.05) is 18.2 Å². The number of sulfonamides is 1. The third kappa shape index (κ3) is 5.04. The van der Waals surface area contributed by atoms with Crippen LogP contribution in [-0.2, 0) is 14.8 Å². The van der Waals surface area contributed by atoms with Crippen molar-refractivity contribution in [2.45, 2.75) is 49.5 Å². The van der Waals surface area contributed by atoms with Crippen LogP contribution in [0.3, 0.4) is 0 Å². The number of fused-ring (bicyclic) bond motifs is 2. The lowest BCUT2D eigenvalue weighted by molar-refractivity contribution is -0.122. The molecule has 1 saturated carbocycles. The van der Waals surface area contributed by atoms with E-state index in [-0.39, 0.29) is 16.8 Å². The van der Waals surface area contributed by atoms with E-state index in [2.05, 4.69) is 15.0 Å². The molecule has 1 atom stereocenters. The second kappa shape index (κ2) is 9.66. The van der Waals surface area contributed by atoms with Crippen molar-refractivity contribution in [3.63, 3.8) is 0 Å². The fourth-order valence-electron chi connectivity index (χ4n) is 4.42. The van der Waals surface area contributed by atoms with Gasteiger partial charge >= 0.3 is 0 Å². The second-order valence-electron chi connectivity index (χ2n) is 8.93. The number of hydrogen-bond acceptors (Lipinski definition) is 6. The van der Waals surface area contributed by atoms with Crippen LogP contribution in [-0.4, -0.2) is 39.9 Å². The Labute approximate surface area is 199 Å². The normalized spacial score (nSPS) is 19.8. The van der Waals surface area contributed by atoms with Gasteiger partial charge in [-0.05, 0) is 61.4 Å². The molecule has 9 heteroatoms. The number of rotatable bonds is 9. The number of ether oxygens (including phenoxy) is 2. The molecule has 0 radical (unpaired) electrons. The Balaban J connectivity index is 1.08. The van der Waals surface area contributed by atoms with Crippen LogP contribution in [0.5, 0.6) is 11.5 Å². The summed E-state index contributed by atoms with van der Waals surface area (Å²) < 4.78 is 38.1. The van der Waals surface area contributed by atoms with Crippen LogP contribution in [0.25, 0.3) is 0 Å². The van der Waals surface area contributed by atoms with Crippen LogP contribution in [0, 0.1) is 5.92 Å². The molecular weight excluding hydrogens is 454 g/mol. The number of carbonyl (C=O) groups excluding carboxylic acids is 1. The van der Waals surface area contributed by atoms with E-state index in [0.717, 1.165) is 49.2 Å². The van der Waals surface area contributed by atoms with Gasteiger partial charge in [-0.15, -0.1) is 0 Å². The van der Waals surface area contributed by atoms with Crippen molar-refractivity contribution < 1.29 is 22.7 Å². The summed E-state index contributed by atoms with van der Waals surface area (Å²) in [6.45, 7) is 1.61. The fraction of sp³-hybridized carbons (Fsp3) is 0.440. The molecule has 2 aromatic carbocycles. The minimum atomic E-state index is -3.50. The third-order valence-electron chi connectivity index (χ3n) is 6.33. The maximum atomic E-state index is 12.6. The molecule has 0 saturated heterocycles. The summed E-state index contributed by atoms with van der Waals surface area (Å²) in [6, 6.07) is 12.8. The lowest BCUT2D eigenvalue weighted by atomic mass is 10.0. The van der Waals surface area contributed by atoms with E-state index in [4.69, 9.17) is 9.47 Å². The highest BCUT2D eigenvalue weighted by molar-refractivity contribution is 7.90. The number of unbranched alkanes of at least 4 members (excludes halogenated alkanes) is 2. The molecule has 0 bridgehead atoms. The van der Waals surface area contributed by atoms with Gasteiger partial charge in [0, 0.05) is 18.5 Å². The van der Waals surface area contributed by atoms with E-state index in [0.29, 0.717) is 43.5 Å². The van der Waals surface area contributed by atoms with Crippen LogP contribution < -0.4 is 19.5 Å². The summed E-state index contributed by atoms with van der Waals surface area (Å²) in [5, 5.41) is 3.22. The van der Waals surface area contributed by atoms with E-state index in [9.17, 15) is 13.2 Å². The van der Waals surface area contributed by atoms with Crippen molar-refractivity contribution in [2.75, 3.05) is 19.8 Å². The largest absolute Gasteiger partial charge is 0.486 e. The monoisotopic (exact) mass is 483 g/mol. The van der Waals surface area contributed by atoms with Crippen LogP contribution >= 0.6 is 0 Å². The number of amides is 1. The molecule has 34 heavy (non-hydrogen) atoms. The Morgan fingerprint density at radius 3 is 2.68 bits per heavy atom. The molecule has 5 rings (SSSR count). The Kier molecular flexibility index (Phi) is 6.45. The zero-order chi connectivity index (χ0) is 23.5. The maximum Gasteiger partial charge on any atom is 0.263 e. The number of amidine groups is 1. The summed E-state index contributed by atoms with van der Waals surface area (Å²) >= 11 is 0. The summed E-state index contributed by atoms with van der Waals surface area (Å²) in [7, 11) is -3.50. The number of carbonyl (C=O) groups is 1. The highest BCUT2D eigenvalue weighted by atomic mass is 32.2. The zero-order valence-corrected chi connectivity index (χ0v) is 19.8. The fourth-order valence-corrected chi connectivity index (χ4v) is 5.67. The molecule has 1 fully saturated rings. The lowest BCUT2D eigenvalue weighted by Crippen LogP contribution is -2.29. The van der Waals surface area contributed by atoms with E-state index in [1.54, 1.807) is 24.3 Å². The quantitative estimate of drug-likeness (QED) is 0.532. The minimum Gasteiger partial charge on any atom is -0.486 e. The molecule has 180 valence electrons. The maximum absolute atomic E-state index is 12.6. The Morgan fingerprint density at radius 2 is 1.85 bits per heavy atom. The molecule has 8 nitrogen and oxygen atoms in total. The van der Waals surface area contributed by atoms with Gasteiger partial charge in [0.05, 0.1) is 10.9 Å². The summed E-state index contributed by atoms with van der Waals surface area (Å²) in [5.41, 5.74) is 1.68. The molecule has 3 aliphatic rings. The Bertz CT molecular complexity index is 1210. The first-order valence-corrected chi connectivity index (χ1v) is 13.4. The number of benzene rings is 2. The second-order valence-corrected chi connectivity index (χ2v) is 10.6. The first-order chi connectivity index (χ1) is 16.5. The van der Waals surface area contributed by atoms with Crippen LogP contribution in [0.15, 0.2) is 52.4 Å². The average Bonchev–Trinajstić information content (AvgIpc) is 3.65. The number of nitrogens with zero attached hydrogens (tertiary/aromatic N) is 1. The topological polar surface area (TPSA) is 106 Å². The lowest BCUT2D eigenvalue weighted by Gasteiger charge is -2.23. The molecule has 2 N–H and O–H groups in total. The third-order valence-corrected chi connectivity index (χ3v) is 7.73. The van der Waals surface area contributed by atoms with Crippen molar-refractivity contribution in [1.82, 2.24) is 10.0 Å². The highest BCUT2D eigenvalue weighted by Crippen LogP contribution is 2.43. The van der Waals surface area contributed by atoms with Crippen LogP contribution in [0.1, 0.15) is 55.7 Å². The van der Waals surface area contributed by atoms with Crippen molar-refractivity contribution in [1.29, 1.82) is 0 Å². The molecule has 1 unspecified atom stereocenters. The Morgan fingerprint density at radius 1 is 1.06 bits per heavy atom. The Hall–Kier alpha value is -3.07. The summed E-state index contributed by atoms with van der Waals surface area (Å²) in [5.74, 6) is 2.43. The van der Waals surface area contributed by atoms with E-state index < -0.39 is 10.0 Å². The molecule has 0 aromatic heterocycles. The predicted molar refractivity (Wildman–Crippen MR) is 128 cm³/mol. The van der Waals surface area contributed by atoms with Crippen LogP contribution in [0.4, 0.5) is 0 Å². The smallest absolute Gasteiger partial charge is 0.263 e. The molecule has 1 aliphatic carbocycles. The van der Waals surface area contributed by atoms with Gasteiger partial charge in [-0.3, -0.25) is 14.5 Å². The van der Waals surface area contributed by atoms with Gasteiger partial charge < -0.3 is 14.8 Å². The highest BCUT2D eigenvalue weighted by Gasteiger charge is 2.34. The standard InChI is InChI=1S/C25H29N3O5S/c29-23(27-24(17-9-10-17)18-11-12-20-21(16-18)33-15-14-32-20)8-2-1-5-13-26-25-19-6-3-4-7-22(19)34(30,31)28-25/h3-4,6-7,11-12,16-17,24H,1-2,5,8-10,13-15H2,(H,26,28)(H,27,29). The van der Waals surface area contributed by atoms with Gasteiger partial charge in [-0.2, -0.15) is 0 Å². The van der Waals surface area contributed by atoms with Crippen molar-refractivity contribution in [2.24, 2.45) is 10.9 Å². The minimum absolute atomic E-state index is 0.00480. The summed E-state index contributed by atoms with van der Waals surface area (Å²) in [6.07, 6.45) is 5.09. The van der Waals surface area contributed by atoms with Gasteiger partial charge in [0.2, 0.25) is 5.91 Å². The first kappa shape index (κ1) is 22.7. The van der Waals surface area contributed by atoms with Crippen molar-refractivity contribution in [3.05, 3.63) is 53.6 Å². The van der Waals surface area contributed by atoms with Crippen molar-refractivity contribution >= 4 is 21.8 Å². The molecule has 1 amide bonds. The van der Waals surface area contributed by atoms with Gasteiger partial charge in [-0.25, -0.2) is 8.42 Å². The van der Waals surface area contributed by atoms with E-state index >= 15 is 0 Å². The number of nitrogens with one attached hydrogen (secondary N) is 2. The molecule has 2 heterocycles. The summed E-state index contributed by atoms with van der Waals surface area (Å²) in [4.78, 5) is 17.3. The van der Waals surface area contributed by atoms with Crippen LogP contribution in [0.2, 0.25) is 0 Å². The molecular formula is C25H29N3O5S. The first-order valence-electron chi connectivity index (χ1n) is 11.9. The average molecular weight is 484 g/mol. The van der Waals surface area contributed by atoms with Gasteiger partial charge in [0.15, 0.2) is 11.5 Å². The SMILES string of the molecule is O=C(CCCCCN=C1NS(=O)(=O)c2ccccc21)NC(c1ccc2c(c1)OCCO2)C1CC1. The van der Waals surface area contributed by atoms with Gasteiger partial charge in [0.1, 0.15) is 19.0 Å². The number of aliphatic imine (C=N–C) groups is 1. The van der Waals surface area contributed by atoms with Gasteiger partial charge in [0.25, 0.3) is 10.0 Å². The van der Waals surface area contributed by atoms with Crippen molar-refractivity contribution in [3.8, 4) is 11.5 Å². The molecule has 0 spiro atoms. The predicted octanol–water partition coefficient (Wildman–Crippen LogP) is 3.32. The van der Waals surface area contributed by atoms with E-state index in [1.165, 1.54) is 0 Å². The van der Waals surface area contributed by atoms with Gasteiger partial charge in [-0.1, -0.05) is 24.6 Å². The number of hydrogen-bond donors (Lipinski definition) is 2.